The molecule has 224 valence electrons. The third-order valence-electron chi connectivity index (χ3n) is 6.50. The smallest absolute Gasteiger partial charge is 0.416 e. The quantitative estimate of drug-likeness (QED) is 0.142. The molecule has 1 fully saturated rings. The largest absolute Gasteiger partial charge is 0.496 e. The van der Waals surface area contributed by atoms with Gasteiger partial charge in [-0.15, -0.1) is 5.10 Å². The van der Waals surface area contributed by atoms with Gasteiger partial charge >= 0.3 is 12.1 Å². The number of para-hydroxylation sites is 1. The van der Waals surface area contributed by atoms with E-state index in [2.05, 4.69) is 15.2 Å². The van der Waals surface area contributed by atoms with Gasteiger partial charge in [0, 0.05) is 12.0 Å². The van der Waals surface area contributed by atoms with Gasteiger partial charge in [-0.05, 0) is 48.5 Å². The van der Waals surface area contributed by atoms with Crippen molar-refractivity contribution >= 4 is 41.0 Å². The number of ether oxygens (including phenoxy) is 2. The van der Waals surface area contributed by atoms with E-state index < -0.39 is 47.2 Å². The second kappa shape index (κ2) is 12.6. The number of methoxy groups -OCH3 is 1. The Hall–Kier alpha value is -5.11. The maximum absolute atomic E-state index is 13.2. The Morgan fingerprint density at radius 1 is 1.00 bits per heavy atom. The van der Waals surface area contributed by atoms with Crippen LogP contribution in [0.15, 0.2) is 84.1 Å². The normalized spacial score (nSPS) is 14.9. The van der Waals surface area contributed by atoms with Crippen molar-refractivity contribution < 1.29 is 41.8 Å². The SMILES string of the molecule is COc1ccccc1C(=O)COC(=O)c1ccc(N2C(=O)CC(Sc3nncc(-c4ccc(C(F)(F)F)cc4)n3)C2=O)cc1. The van der Waals surface area contributed by atoms with Crippen LogP contribution in [0.1, 0.15) is 32.7 Å². The lowest BCUT2D eigenvalue weighted by molar-refractivity contribution is -0.137. The summed E-state index contributed by atoms with van der Waals surface area (Å²) in [7, 11) is 1.42. The van der Waals surface area contributed by atoms with E-state index in [-0.39, 0.29) is 34.1 Å². The Morgan fingerprint density at radius 2 is 1.70 bits per heavy atom. The summed E-state index contributed by atoms with van der Waals surface area (Å²) < 4.78 is 48.9. The van der Waals surface area contributed by atoms with Gasteiger partial charge < -0.3 is 9.47 Å². The molecule has 0 spiro atoms. The summed E-state index contributed by atoms with van der Waals surface area (Å²) in [6.07, 6.45) is -3.36. The summed E-state index contributed by atoms with van der Waals surface area (Å²) >= 11 is 0.904. The number of esters is 1. The van der Waals surface area contributed by atoms with Gasteiger partial charge in [-0.3, -0.25) is 14.4 Å². The first-order valence-electron chi connectivity index (χ1n) is 12.9. The minimum Gasteiger partial charge on any atom is -0.496 e. The van der Waals surface area contributed by atoms with Crippen LogP contribution in [0.4, 0.5) is 18.9 Å². The molecule has 14 heteroatoms. The maximum atomic E-state index is 13.2. The molecular formula is C30H21F3N4O6S. The number of benzene rings is 3. The number of anilines is 1. The monoisotopic (exact) mass is 622 g/mol. The number of hydrogen-bond donors (Lipinski definition) is 0. The zero-order valence-corrected chi connectivity index (χ0v) is 23.6. The van der Waals surface area contributed by atoms with E-state index >= 15 is 0 Å². The highest BCUT2D eigenvalue weighted by Crippen LogP contribution is 2.34. The van der Waals surface area contributed by atoms with Crippen molar-refractivity contribution in [2.45, 2.75) is 23.0 Å². The number of thioether (sulfide) groups is 1. The molecule has 1 aliphatic rings. The number of carbonyl (C=O) groups is 4. The Balaban J connectivity index is 1.22. The fourth-order valence-corrected chi connectivity index (χ4v) is 5.25. The van der Waals surface area contributed by atoms with Gasteiger partial charge in [0.05, 0.1) is 41.4 Å². The number of Topliss-reactive ketones (excluding diaryl/α,β-unsaturated/α-hetero) is 1. The van der Waals surface area contributed by atoms with Crippen molar-refractivity contribution in [3.05, 3.63) is 95.7 Å². The molecule has 0 radical (unpaired) electrons. The molecule has 1 atom stereocenters. The highest BCUT2D eigenvalue weighted by Gasteiger charge is 2.41. The van der Waals surface area contributed by atoms with E-state index in [0.717, 1.165) is 28.8 Å². The number of halogens is 3. The fraction of sp³-hybridized carbons (Fsp3) is 0.167. The van der Waals surface area contributed by atoms with Crippen LogP contribution in [0.25, 0.3) is 11.3 Å². The number of imide groups is 1. The van der Waals surface area contributed by atoms with Crippen LogP contribution in [0.2, 0.25) is 0 Å². The highest BCUT2D eigenvalue weighted by molar-refractivity contribution is 8.00. The van der Waals surface area contributed by atoms with E-state index in [1.54, 1.807) is 24.3 Å². The van der Waals surface area contributed by atoms with Crippen molar-refractivity contribution in [2.24, 2.45) is 0 Å². The molecule has 1 aromatic heterocycles. The van der Waals surface area contributed by atoms with Crippen molar-refractivity contribution in [3.63, 3.8) is 0 Å². The second-order valence-electron chi connectivity index (χ2n) is 9.32. The number of alkyl halides is 3. The lowest BCUT2D eigenvalue weighted by Gasteiger charge is -2.15. The van der Waals surface area contributed by atoms with E-state index in [0.29, 0.717) is 11.3 Å². The van der Waals surface area contributed by atoms with Gasteiger partial charge in [-0.2, -0.15) is 18.3 Å². The number of rotatable bonds is 9. The van der Waals surface area contributed by atoms with Crippen LogP contribution >= 0.6 is 11.8 Å². The lowest BCUT2D eigenvalue weighted by atomic mass is 10.1. The predicted molar refractivity (Wildman–Crippen MR) is 151 cm³/mol. The number of nitrogens with zero attached hydrogens (tertiary/aromatic N) is 4. The maximum Gasteiger partial charge on any atom is 0.416 e. The van der Waals surface area contributed by atoms with E-state index in [1.165, 1.54) is 49.7 Å². The van der Waals surface area contributed by atoms with E-state index in [4.69, 9.17) is 9.47 Å². The molecule has 0 bridgehead atoms. The molecule has 2 amide bonds. The van der Waals surface area contributed by atoms with Gasteiger partial charge in [-0.1, -0.05) is 36.0 Å². The third-order valence-corrected chi connectivity index (χ3v) is 7.54. The Kier molecular flexibility index (Phi) is 8.71. The van der Waals surface area contributed by atoms with Gasteiger partial charge in [0.2, 0.25) is 22.8 Å². The molecule has 1 aliphatic heterocycles. The van der Waals surface area contributed by atoms with Crippen LogP contribution in [0.5, 0.6) is 5.75 Å². The summed E-state index contributed by atoms with van der Waals surface area (Å²) in [5, 5.41) is 6.92. The Labute approximate surface area is 252 Å². The van der Waals surface area contributed by atoms with E-state index in [1.807, 2.05) is 0 Å². The molecule has 4 aromatic rings. The number of carbonyl (C=O) groups excluding carboxylic acids is 4. The van der Waals surface area contributed by atoms with Crippen LogP contribution < -0.4 is 9.64 Å². The zero-order chi connectivity index (χ0) is 31.4. The van der Waals surface area contributed by atoms with E-state index in [9.17, 15) is 32.3 Å². The van der Waals surface area contributed by atoms with Crippen LogP contribution in [-0.4, -0.2) is 57.7 Å². The predicted octanol–water partition coefficient (Wildman–Crippen LogP) is 5.03. The minimum absolute atomic E-state index is 0.0659. The Morgan fingerprint density at radius 3 is 2.39 bits per heavy atom. The molecule has 3 aromatic carbocycles. The number of hydrogen-bond acceptors (Lipinski definition) is 10. The highest BCUT2D eigenvalue weighted by atomic mass is 32.2. The van der Waals surface area contributed by atoms with Crippen molar-refractivity contribution in [1.82, 2.24) is 15.2 Å². The van der Waals surface area contributed by atoms with Gasteiger partial charge in [0.25, 0.3) is 0 Å². The van der Waals surface area contributed by atoms with Crippen LogP contribution in [-0.2, 0) is 20.5 Å². The summed E-state index contributed by atoms with van der Waals surface area (Å²) in [5.74, 6) is -1.90. The van der Waals surface area contributed by atoms with Gasteiger partial charge in [-0.25, -0.2) is 14.7 Å². The van der Waals surface area contributed by atoms with Crippen molar-refractivity contribution in [3.8, 4) is 17.0 Å². The molecule has 5 rings (SSSR count). The molecule has 10 nitrogen and oxygen atoms in total. The molecule has 1 unspecified atom stereocenters. The fourth-order valence-electron chi connectivity index (χ4n) is 4.31. The van der Waals surface area contributed by atoms with Crippen molar-refractivity contribution in [2.75, 3.05) is 18.6 Å². The van der Waals surface area contributed by atoms with Crippen LogP contribution in [0.3, 0.4) is 0 Å². The topological polar surface area (TPSA) is 129 Å². The standard InChI is InChI=1S/C30H21F3N4O6S/c1-42-24-5-3-2-4-21(24)23(38)16-43-28(41)18-8-12-20(13-9-18)37-26(39)14-25(27(37)40)44-29-35-22(15-34-36-29)17-6-10-19(11-7-17)30(31,32)33/h2-13,15,25H,14,16H2,1H3. The second-order valence-corrected chi connectivity index (χ2v) is 10.5. The molecule has 44 heavy (non-hydrogen) atoms. The van der Waals surface area contributed by atoms with Gasteiger partial charge in [0.15, 0.2) is 6.61 Å². The third kappa shape index (κ3) is 6.59. The average molecular weight is 623 g/mol. The average Bonchev–Trinajstić information content (AvgIpc) is 3.31. The molecule has 0 aliphatic carbocycles. The molecule has 2 heterocycles. The van der Waals surface area contributed by atoms with Crippen LogP contribution in [0, 0.1) is 0 Å². The van der Waals surface area contributed by atoms with Crippen molar-refractivity contribution in [1.29, 1.82) is 0 Å². The molecule has 1 saturated heterocycles. The minimum atomic E-state index is -4.48. The summed E-state index contributed by atoms with van der Waals surface area (Å²) in [6, 6.07) is 16.4. The first-order valence-corrected chi connectivity index (χ1v) is 13.8. The number of ketones is 1. The Bertz CT molecular complexity index is 1730. The lowest BCUT2D eigenvalue weighted by Crippen LogP contribution is -2.31. The zero-order valence-electron chi connectivity index (χ0n) is 22.8. The molecule has 0 N–H and O–H groups in total. The molecule has 0 saturated carbocycles. The number of amides is 2. The summed E-state index contributed by atoms with van der Waals surface area (Å²) in [4.78, 5) is 56.2. The summed E-state index contributed by atoms with van der Waals surface area (Å²) in [6.45, 7) is -0.514. The number of aromatic nitrogens is 3. The van der Waals surface area contributed by atoms with Gasteiger partial charge in [0.1, 0.15) is 11.0 Å². The molecular weight excluding hydrogens is 601 g/mol. The summed E-state index contributed by atoms with van der Waals surface area (Å²) in [5.41, 5.74) is 0.402. The first-order chi connectivity index (χ1) is 21.0. The first kappa shape index (κ1) is 30.4.